The quantitative estimate of drug-likeness (QED) is 0.396. The van der Waals surface area contributed by atoms with Crippen LogP contribution in [0.3, 0.4) is 0 Å². The maximum atomic E-state index is 13.1. The average Bonchev–Trinajstić information content (AvgIpc) is 2.44. The number of hydrogen-bond acceptors (Lipinski definition) is 1. The third-order valence-corrected chi connectivity index (χ3v) is 5.68. The van der Waals surface area contributed by atoms with Crippen LogP contribution in [0.5, 0.6) is 0 Å². The van der Waals surface area contributed by atoms with Crippen LogP contribution >= 0.6 is 31.9 Å². The van der Waals surface area contributed by atoms with Gasteiger partial charge in [-0.15, -0.1) is 0 Å². The van der Waals surface area contributed by atoms with E-state index in [9.17, 15) is 4.39 Å². The van der Waals surface area contributed by atoms with Crippen LogP contribution in [-0.2, 0) is 10.2 Å². The number of halogens is 3. The molecule has 20 heavy (non-hydrogen) atoms. The summed E-state index contributed by atoms with van der Waals surface area (Å²) in [5.74, 6) is 0.476. The van der Waals surface area contributed by atoms with Crippen LogP contribution in [0.25, 0.3) is 0 Å². The molecule has 0 aliphatic rings. The van der Waals surface area contributed by atoms with E-state index in [1.807, 2.05) is 12.1 Å². The molecule has 0 saturated carbocycles. The summed E-state index contributed by atoms with van der Waals surface area (Å²) in [6, 6.07) is 6.78. The maximum absolute atomic E-state index is 13.1. The second kappa shape index (κ2) is 9.16. The second-order valence-corrected chi connectivity index (χ2v) is 6.72. The Bertz CT molecular complexity index is 375. The predicted octanol–water partition coefficient (Wildman–Crippen LogP) is 5.31. The SMILES string of the molecule is CC(C)CCOCCC(CBr)(CBr)c1ccc(F)cc1. The molecule has 0 aromatic heterocycles. The van der Waals surface area contributed by atoms with Gasteiger partial charge in [-0.2, -0.15) is 0 Å². The molecule has 0 amide bonds. The van der Waals surface area contributed by atoms with Gasteiger partial charge in [-0.25, -0.2) is 4.39 Å². The van der Waals surface area contributed by atoms with Gasteiger partial charge >= 0.3 is 0 Å². The Hall–Kier alpha value is 0.0700. The molecule has 0 fully saturated rings. The first kappa shape index (κ1) is 18.1. The third-order valence-electron chi connectivity index (χ3n) is 3.53. The molecule has 0 spiro atoms. The molecule has 0 saturated heterocycles. The molecule has 0 aliphatic carbocycles. The van der Waals surface area contributed by atoms with Crippen molar-refractivity contribution in [3.63, 3.8) is 0 Å². The Morgan fingerprint density at radius 3 is 2.20 bits per heavy atom. The van der Waals surface area contributed by atoms with Crippen LogP contribution in [0.1, 0.15) is 32.3 Å². The fourth-order valence-corrected chi connectivity index (χ4v) is 4.10. The molecule has 1 aromatic rings. The fourth-order valence-electron chi connectivity index (χ4n) is 1.96. The van der Waals surface area contributed by atoms with Crippen LogP contribution in [0, 0.1) is 11.7 Å². The Balaban J connectivity index is 2.60. The van der Waals surface area contributed by atoms with Crippen LogP contribution in [-0.4, -0.2) is 23.9 Å². The van der Waals surface area contributed by atoms with Gasteiger partial charge in [0, 0.05) is 29.3 Å². The first-order valence-corrected chi connectivity index (χ1v) is 9.24. The summed E-state index contributed by atoms with van der Waals surface area (Å²) in [6.07, 6.45) is 2.00. The van der Waals surface area contributed by atoms with Crippen LogP contribution in [0.15, 0.2) is 24.3 Å². The van der Waals surface area contributed by atoms with Gasteiger partial charge in [-0.05, 0) is 36.5 Å². The largest absolute Gasteiger partial charge is 0.381 e. The molecule has 0 aliphatic heterocycles. The Morgan fingerprint density at radius 1 is 1.10 bits per heavy atom. The van der Waals surface area contributed by atoms with E-state index in [-0.39, 0.29) is 11.2 Å². The molecule has 0 atom stereocenters. The van der Waals surface area contributed by atoms with Crippen molar-refractivity contribution in [2.45, 2.75) is 32.1 Å². The summed E-state index contributed by atoms with van der Waals surface area (Å²) in [5.41, 5.74) is 1.09. The molecule has 1 aromatic carbocycles. The molecule has 0 radical (unpaired) electrons. The second-order valence-electron chi connectivity index (χ2n) is 5.60. The van der Waals surface area contributed by atoms with Gasteiger partial charge < -0.3 is 4.74 Å². The third kappa shape index (κ3) is 5.45. The van der Waals surface area contributed by atoms with Crippen molar-refractivity contribution < 1.29 is 9.13 Å². The van der Waals surface area contributed by atoms with Gasteiger partial charge in [0.2, 0.25) is 0 Å². The minimum Gasteiger partial charge on any atom is -0.381 e. The molecule has 0 heterocycles. The molecular formula is C16H23Br2FO. The van der Waals surface area contributed by atoms with Gasteiger partial charge in [-0.3, -0.25) is 0 Å². The molecule has 0 bridgehead atoms. The summed E-state index contributed by atoms with van der Waals surface area (Å²) in [5, 5.41) is 1.65. The molecule has 1 rings (SSSR count). The highest BCUT2D eigenvalue weighted by Crippen LogP contribution is 2.32. The minimum absolute atomic E-state index is 0.0501. The lowest BCUT2D eigenvalue weighted by molar-refractivity contribution is 0.110. The van der Waals surface area contributed by atoms with Crippen molar-refractivity contribution in [3.8, 4) is 0 Å². The molecule has 4 heteroatoms. The molecule has 1 nitrogen and oxygen atoms in total. The van der Waals surface area contributed by atoms with E-state index in [0.717, 1.165) is 42.3 Å². The van der Waals surface area contributed by atoms with Crippen LogP contribution < -0.4 is 0 Å². The van der Waals surface area contributed by atoms with Crippen molar-refractivity contribution in [2.75, 3.05) is 23.9 Å². The molecule has 0 unspecified atom stereocenters. The highest BCUT2D eigenvalue weighted by molar-refractivity contribution is 9.09. The van der Waals surface area contributed by atoms with Crippen LogP contribution in [0.2, 0.25) is 0 Å². The van der Waals surface area contributed by atoms with Crippen molar-refractivity contribution in [1.29, 1.82) is 0 Å². The fraction of sp³-hybridized carbons (Fsp3) is 0.625. The standard InChI is InChI=1S/C16H23Br2FO/c1-13(2)7-9-20-10-8-16(11-17,12-18)14-3-5-15(19)6-4-14/h3-6,13H,7-12H2,1-2H3. The van der Waals surface area contributed by atoms with E-state index < -0.39 is 0 Å². The summed E-state index contributed by atoms with van der Waals surface area (Å²) in [6.45, 7) is 5.93. The number of rotatable bonds is 9. The smallest absolute Gasteiger partial charge is 0.123 e. The first-order valence-electron chi connectivity index (χ1n) is 7.00. The van der Waals surface area contributed by atoms with Crippen molar-refractivity contribution in [3.05, 3.63) is 35.6 Å². The molecule has 0 N–H and O–H groups in total. The van der Waals surface area contributed by atoms with E-state index in [0.29, 0.717) is 5.92 Å². The van der Waals surface area contributed by atoms with E-state index in [2.05, 4.69) is 45.7 Å². The Kier molecular flexibility index (Phi) is 8.30. The van der Waals surface area contributed by atoms with Crippen molar-refractivity contribution in [1.82, 2.24) is 0 Å². The normalized spacial score (nSPS) is 12.1. The Labute approximate surface area is 138 Å². The zero-order valence-corrected chi connectivity index (χ0v) is 15.3. The van der Waals surface area contributed by atoms with Crippen molar-refractivity contribution in [2.24, 2.45) is 5.92 Å². The topological polar surface area (TPSA) is 9.23 Å². The first-order chi connectivity index (χ1) is 9.54. The van der Waals surface area contributed by atoms with E-state index in [1.54, 1.807) is 0 Å². The zero-order valence-electron chi connectivity index (χ0n) is 12.2. The zero-order chi connectivity index (χ0) is 15.0. The average molecular weight is 410 g/mol. The summed E-state index contributed by atoms with van der Waals surface area (Å²) in [7, 11) is 0. The number of hydrogen-bond donors (Lipinski definition) is 0. The lowest BCUT2D eigenvalue weighted by Crippen LogP contribution is -2.32. The van der Waals surface area contributed by atoms with Crippen LogP contribution in [0.4, 0.5) is 4.39 Å². The van der Waals surface area contributed by atoms with Gasteiger partial charge in [0.1, 0.15) is 5.82 Å². The summed E-state index contributed by atoms with van der Waals surface area (Å²) >= 11 is 7.20. The van der Waals surface area contributed by atoms with Gasteiger partial charge in [0.05, 0.1) is 0 Å². The van der Waals surface area contributed by atoms with Gasteiger partial charge in [0.25, 0.3) is 0 Å². The number of alkyl halides is 2. The summed E-state index contributed by atoms with van der Waals surface area (Å²) in [4.78, 5) is 0. The highest BCUT2D eigenvalue weighted by atomic mass is 79.9. The lowest BCUT2D eigenvalue weighted by atomic mass is 9.82. The molecular weight excluding hydrogens is 387 g/mol. The minimum atomic E-state index is -0.194. The van der Waals surface area contributed by atoms with E-state index in [4.69, 9.17) is 4.74 Å². The number of ether oxygens (including phenoxy) is 1. The predicted molar refractivity (Wildman–Crippen MR) is 90.6 cm³/mol. The van der Waals surface area contributed by atoms with Gasteiger partial charge in [0.15, 0.2) is 0 Å². The molecule has 114 valence electrons. The number of benzene rings is 1. The van der Waals surface area contributed by atoms with Crippen molar-refractivity contribution >= 4 is 31.9 Å². The maximum Gasteiger partial charge on any atom is 0.123 e. The Morgan fingerprint density at radius 2 is 1.70 bits per heavy atom. The van der Waals surface area contributed by atoms with E-state index in [1.165, 1.54) is 12.1 Å². The summed E-state index contributed by atoms with van der Waals surface area (Å²) < 4.78 is 18.8. The lowest BCUT2D eigenvalue weighted by Gasteiger charge is -2.30. The van der Waals surface area contributed by atoms with Gasteiger partial charge in [-0.1, -0.05) is 57.8 Å². The highest BCUT2D eigenvalue weighted by Gasteiger charge is 2.29. The van der Waals surface area contributed by atoms with E-state index >= 15 is 0 Å². The monoisotopic (exact) mass is 408 g/mol.